The number of rotatable bonds is 5. The highest BCUT2D eigenvalue weighted by molar-refractivity contribution is 7.26. The first-order valence-corrected chi connectivity index (χ1v) is 20.7. The van der Waals surface area contributed by atoms with E-state index in [1.807, 2.05) is 17.4 Å². The monoisotopic (exact) mass is 772 g/mol. The predicted molar refractivity (Wildman–Crippen MR) is 248 cm³/mol. The van der Waals surface area contributed by atoms with Crippen molar-refractivity contribution in [3.05, 3.63) is 194 Å². The Morgan fingerprint density at radius 1 is 0.407 bits per heavy atom. The number of thiophene rings is 1. The number of anilines is 3. The van der Waals surface area contributed by atoms with E-state index in [1.54, 1.807) is 0 Å². The summed E-state index contributed by atoms with van der Waals surface area (Å²) >= 11 is 1.84. The third-order valence-electron chi connectivity index (χ3n) is 12.0. The first kappa shape index (κ1) is 32.5. The Bertz CT molecular complexity index is 3770. The molecule has 4 nitrogen and oxygen atoms in total. The van der Waals surface area contributed by atoms with Crippen LogP contribution in [0, 0.1) is 0 Å². The van der Waals surface area contributed by atoms with Gasteiger partial charge in [0.25, 0.3) is 0 Å². The van der Waals surface area contributed by atoms with Crippen LogP contribution < -0.4 is 4.90 Å². The number of para-hydroxylation sites is 4. The van der Waals surface area contributed by atoms with Gasteiger partial charge in [-0.25, -0.2) is 0 Å². The van der Waals surface area contributed by atoms with Crippen LogP contribution in [0.25, 0.3) is 103 Å². The maximum Gasteiger partial charge on any atom is 0.145 e. The molecule has 0 fully saturated rings. The minimum atomic E-state index is 0.848. The molecule has 0 aliphatic carbocycles. The van der Waals surface area contributed by atoms with Gasteiger partial charge in [0.2, 0.25) is 0 Å². The van der Waals surface area contributed by atoms with Crippen LogP contribution in [-0.2, 0) is 0 Å². The molecule has 5 heteroatoms. The number of furan rings is 2. The summed E-state index contributed by atoms with van der Waals surface area (Å²) in [5.74, 6) is 0. The fraction of sp³-hybridized carbons (Fsp3) is 0. The third-order valence-corrected chi connectivity index (χ3v) is 13.2. The van der Waals surface area contributed by atoms with Gasteiger partial charge in [-0.3, -0.25) is 0 Å². The number of hydrogen-bond donors (Lipinski definition) is 0. The van der Waals surface area contributed by atoms with E-state index >= 15 is 0 Å². The summed E-state index contributed by atoms with van der Waals surface area (Å²) in [6.45, 7) is 0. The number of fused-ring (bicyclic) bond motifs is 12. The van der Waals surface area contributed by atoms with E-state index in [2.05, 4.69) is 198 Å². The van der Waals surface area contributed by atoms with Crippen molar-refractivity contribution >= 4 is 114 Å². The standard InChI is InChI=1S/C54H32N2O2S/c1-6-22-42-36(16-1)37-17-2-7-23-43(37)55(42)34-15-11-14-33(32-34)35-30-31-45(52-41-20-4-9-27-48(41)58-53(35)52)56(44-24-13-28-49-51(44)40-19-3-8-26-47(40)57-49)46-25-12-21-39-38-18-5-10-29-50(38)59-54(39)46/h1-32H. The minimum absolute atomic E-state index is 0.848. The van der Waals surface area contributed by atoms with E-state index < -0.39 is 0 Å². The average molecular weight is 773 g/mol. The number of hydrogen-bond acceptors (Lipinski definition) is 4. The summed E-state index contributed by atoms with van der Waals surface area (Å²) in [5.41, 5.74) is 12.2. The molecular formula is C54H32N2O2S. The average Bonchev–Trinajstić information content (AvgIpc) is 4.06. The summed E-state index contributed by atoms with van der Waals surface area (Å²) in [5, 5.41) is 9.27. The lowest BCUT2D eigenvalue weighted by molar-refractivity contribution is 0.669. The van der Waals surface area contributed by atoms with Gasteiger partial charge in [0.1, 0.15) is 22.3 Å². The van der Waals surface area contributed by atoms with Gasteiger partial charge < -0.3 is 18.3 Å². The molecule has 0 radical (unpaired) electrons. The molecule has 9 aromatic carbocycles. The second kappa shape index (κ2) is 12.4. The van der Waals surface area contributed by atoms with Crippen molar-refractivity contribution in [2.75, 3.05) is 4.90 Å². The SMILES string of the molecule is c1cc(-c2ccc(N(c3cccc4c3sc3ccccc34)c3cccc4oc5ccccc5c34)c3c2oc2ccccc23)cc(-n2c3ccccc3c3ccccc32)c1. The van der Waals surface area contributed by atoms with E-state index in [0.717, 1.165) is 77.8 Å². The molecule has 0 unspecified atom stereocenters. The normalized spacial score (nSPS) is 12.1. The van der Waals surface area contributed by atoms with Crippen molar-refractivity contribution in [1.82, 2.24) is 4.57 Å². The van der Waals surface area contributed by atoms with Crippen LogP contribution in [0.2, 0.25) is 0 Å². The smallest absolute Gasteiger partial charge is 0.145 e. The van der Waals surface area contributed by atoms with E-state index in [1.165, 1.54) is 42.0 Å². The first-order chi connectivity index (χ1) is 29.3. The van der Waals surface area contributed by atoms with Crippen LogP contribution in [-0.4, -0.2) is 4.57 Å². The highest BCUT2D eigenvalue weighted by atomic mass is 32.1. The highest BCUT2D eigenvalue weighted by Gasteiger charge is 2.27. The van der Waals surface area contributed by atoms with Gasteiger partial charge in [-0.2, -0.15) is 0 Å². The predicted octanol–water partition coefficient (Wildman–Crippen LogP) is 16.1. The molecule has 0 bridgehead atoms. The molecule has 0 saturated heterocycles. The highest BCUT2D eigenvalue weighted by Crippen LogP contribution is 2.52. The first-order valence-electron chi connectivity index (χ1n) is 19.9. The molecule has 0 aliphatic rings. The van der Waals surface area contributed by atoms with Gasteiger partial charge in [-0.05, 0) is 78.4 Å². The fourth-order valence-corrected chi connectivity index (χ4v) is 10.7. The zero-order valence-corrected chi connectivity index (χ0v) is 32.4. The molecule has 0 saturated carbocycles. The molecule has 4 aromatic heterocycles. The van der Waals surface area contributed by atoms with Crippen molar-refractivity contribution in [3.8, 4) is 16.8 Å². The molecule has 0 atom stereocenters. The minimum Gasteiger partial charge on any atom is -0.456 e. The maximum atomic E-state index is 7.00. The topological polar surface area (TPSA) is 34.5 Å². The second-order valence-corrected chi connectivity index (χ2v) is 16.2. The molecule has 13 rings (SSSR count). The second-order valence-electron chi connectivity index (χ2n) is 15.2. The van der Waals surface area contributed by atoms with Gasteiger partial charge in [-0.15, -0.1) is 11.3 Å². The molecule has 59 heavy (non-hydrogen) atoms. The van der Waals surface area contributed by atoms with E-state index in [4.69, 9.17) is 8.83 Å². The van der Waals surface area contributed by atoms with Crippen molar-refractivity contribution in [3.63, 3.8) is 0 Å². The van der Waals surface area contributed by atoms with Gasteiger partial charge >= 0.3 is 0 Å². The number of benzene rings is 9. The van der Waals surface area contributed by atoms with Gasteiger partial charge in [0.15, 0.2) is 0 Å². The fourth-order valence-electron chi connectivity index (χ4n) is 9.48. The molecule has 13 aromatic rings. The summed E-state index contributed by atoms with van der Waals surface area (Å²) in [4.78, 5) is 2.45. The van der Waals surface area contributed by atoms with Crippen LogP contribution in [0.5, 0.6) is 0 Å². The molecule has 0 aliphatic heterocycles. The zero-order valence-electron chi connectivity index (χ0n) is 31.6. The van der Waals surface area contributed by atoms with Crippen molar-refractivity contribution in [2.45, 2.75) is 0 Å². The summed E-state index contributed by atoms with van der Waals surface area (Å²) in [6.07, 6.45) is 0. The Kier molecular flexibility index (Phi) is 6.85. The van der Waals surface area contributed by atoms with Gasteiger partial charge in [0.05, 0.1) is 43.6 Å². The Hall–Kier alpha value is -7.60. The van der Waals surface area contributed by atoms with E-state index in [-0.39, 0.29) is 0 Å². The largest absolute Gasteiger partial charge is 0.456 e. The number of aromatic nitrogens is 1. The zero-order chi connectivity index (χ0) is 38.6. The van der Waals surface area contributed by atoms with Crippen LogP contribution in [0.4, 0.5) is 17.1 Å². The third kappa shape index (κ3) is 4.71. The van der Waals surface area contributed by atoms with Crippen LogP contribution in [0.1, 0.15) is 0 Å². The van der Waals surface area contributed by atoms with E-state index in [0.29, 0.717) is 0 Å². The molecule has 276 valence electrons. The lowest BCUT2D eigenvalue weighted by Gasteiger charge is -2.28. The molecule has 4 heterocycles. The molecule has 0 N–H and O–H groups in total. The Morgan fingerprint density at radius 2 is 0.983 bits per heavy atom. The Morgan fingerprint density at radius 3 is 1.78 bits per heavy atom. The summed E-state index contributed by atoms with van der Waals surface area (Å²) in [7, 11) is 0. The van der Waals surface area contributed by atoms with Crippen molar-refractivity contribution in [1.29, 1.82) is 0 Å². The van der Waals surface area contributed by atoms with Gasteiger partial charge in [-0.1, -0.05) is 121 Å². The quantitative estimate of drug-likeness (QED) is 0.175. The van der Waals surface area contributed by atoms with Crippen molar-refractivity contribution < 1.29 is 8.83 Å². The van der Waals surface area contributed by atoms with Crippen molar-refractivity contribution in [2.24, 2.45) is 0 Å². The maximum absolute atomic E-state index is 7.00. The number of nitrogens with zero attached hydrogens (tertiary/aromatic N) is 2. The Labute approximate surface area is 342 Å². The van der Waals surface area contributed by atoms with E-state index in [9.17, 15) is 0 Å². The molecular weight excluding hydrogens is 741 g/mol. The lowest BCUT2D eigenvalue weighted by Crippen LogP contribution is -2.11. The molecule has 0 spiro atoms. The van der Waals surface area contributed by atoms with Crippen LogP contribution >= 0.6 is 11.3 Å². The lowest BCUT2D eigenvalue weighted by atomic mass is 9.98. The van der Waals surface area contributed by atoms with Gasteiger partial charge in [0, 0.05) is 48.3 Å². The summed E-state index contributed by atoms with van der Waals surface area (Å²) < 4.78 is 18.4. The van der Waals surface area contributed by atoms with Crippen LogP contribution in [0.15, 0.2) is 203 Å². The Balaban J connectivity index is 1.11. The van der Waals surface area contributed by atoms with Crippen LogP contribution in [0.3, 0.4) is 0 Å². The summed E-state index contributed by atoms with van der Waals surface area (Å²) in [6, 6.07) is 69.4. The molecule has 0 amide bonds.